The Labute approximate surface area is 105 Å². The van der Waals surface area contributed by atoms with Crippen molar-refractivity contribution >= 4 is 5.97 Å². The Bertz CT molecular complexity index is 615. The first-order chi connectivity index (χ1) is 8.49. The van der Waals surface area contributed by atoms with Crippen LogP contribution < -0.4 is 0 Å². The number of hydrogen-bond acceptors (Lipinski definition) is 2. The van der Waals surface area contributed by atoms with Crippen LogP contribution in [-0.4, -0.2) is 16.2 Å². The summed E-state index contributed by atoms with van der Waals surface area (Å²) in [6.07, 6.45) is 0. The number of aryl methyl sites for hydroxylation is 2. The Morgan fingerprint density at radius 3 is 2.33 bits per heavy atom. The van der Waals surface area contributed by atoms with E-state index in [1.165, 1.54) is 17.7 Å². The molecule has 0 fully saturated rings. The maximum Gasteiger partial charge on any atom is 0.339 e. The molecule has 92 valence electrons. The average Bonchev–Trinajstić information content (AvgIpc) is 2.28. The Morgan fingerprint density at radius 2 is 1.78 bits per heavy atom. The molecule has 18 heavy (non-hydrogen) atoms. The highest BCUT2D eigenvalue weighted by Gasteiger charge is 2.11. The summed E-state index contributed by atoms with van der Waals surface area (Å²) in [7, 11) is 0. The van der Waals surface area contributed by atoms with Crippen molar-refractivity contribution in [1.29, 1.82) is 0 Å². The lowest BCUT2D eigenvalue weighted by molar-refractivity contribution is 0.0694. The molecule has 0 amide bonds. The molecule has 2 N–H and O–H groups in total. The van der Waals surface area contributed by atoms with Gasteiger partial charge in [0.25, 0.3) is 0 Å². The van der Waals surface area contributed by atoms with Crippen LogP contribution in [0.25, 0.3) is 11.1 Å². The van der Waals surface area contributed by atoms with Gasteiger partial charge >= 0.3 is 5.97 Å². The molecular formula is C15H14O3. The topological polar surface area (TPSA) is 57.5 Å². The van der Waals surface area contributed by atoms with Crippen molar-refractivity contribution in [3.05, 3.63) is 53.1 Å². The van der Waals surface area contributed by atoms with Crippen LogP contribution in [0.15, 0.2) is 36.4 Å². The lowest BCUT2D eigenvalue weighted by Crippen LogP contribution is -1.96. The van der Waals surface area contributed by atoms with Crippen molar-refractivity contribution in [2.45, 2.75) is 13.8 Å². The van der Waals surface area contributed by atoms with E-state index in [1.54, 1.807) is 6.07 Å². The van der Waals surface area contributed by atoms with E-state index in [0.717, 1.165) is 16.7 Å². The van der Waals surface area contributed by atoms with Gasteiger partial charge in [0.15, 0.2) is 0 Å². The zero-order valence-electron chi connectivity index (χ0n) is 10.3. The molecule has 0 spiro atoms. The first-order valence-corrected chi connectivity index (χ1v) is 5.63. The third-order valence-electron chi connectivity index (χ3n) is 2.92. The first kappa shape index (κ1) is 12.2. The number of rotatable bonds is 2. The molecule has 0 aliphatic carbocycles. The van der Waals surface area contributed by atoms with Crippen LogP contribution >= 0.6 is 0 Å². The van der Waals surface area contributed by atoms with E-state index in [2.05, 4.69) is 6.07 Å². The second-order valence-electron chi connectivity index (χ2n) is 4.36. The monoisotopic (exact) mass is 242 g/mol. The van der Waals surface area contributed by atoms with Gasteiger partial charge in [-0.15, -0.1) is 0 Å². The summed E-state index contributed by atoms with van der Waals surface area (Å²) in [5.41, 5.74) is 3.99. The molecule has 3 heteroatoms. The van der Waals surface area contributed by atoms with Gasteiger partial charge in [-0.05, 0) is 42.7 Å². The minimum absolute atomic E-state index is 0.0801. The Balaban J connectivity index is 2.52. The van der Waals surface area contributed by atoms with E-state index in [0.29, 0.717) is 0 Å². The molecule has 3 nitrogen and oxygen atoms in total. The molecule has 0 atom stereocenters. The van der Waals surface area contributed by atoms with Crippen LogP contribution in [0.1, 0.15) is 21.5 Å². The van der Waals surface area contributed by atoms with E-state index in [4.69, 9.17) is 5.11 Å². The van der Waals surface area contributed by atoms with E-state index < -0.39 is 5.97 Å². The molecule has 2 rings (SSSR count). The largest absolute Gasteiger partial charge is 0.507 e. The average molecular weight is 242 g/mol. The Morgan fingerprint density at radius 1 is 1.06 bits per heavy atom. The Hall–Kier alpha value is -2.29. The van der Waals surface area contributed by atoms with Crippen LogP contribution in [0.3, 0.4) is 0 Å². The van der Waals surface area contributed by atoms with E-state index >= 15 is 0 Å². The zero-order valence-corrected chi connectivity index (χ0v) is 10.3. The van der Waals surface area contributed by atoms with Crippen LogP contribution in [-0.2, 0) is 0 Å². The highest BCUT2D eigenvalue weighted by molar-refractivity contribution is 5.91. The highest BCUT2D eigenvalue weighted by Crippen LogP contribution is 2.29. The molecule has 0 unspecified atom stereocenters. The van der Waals surface area contributed by atoms with Crippen LogP contribution in [0.4, 0.5) is 0 Å². The van der Waals surface area contributed by atoms with Crippen molar-refractivity contribution in [1.82, 2.24) is 0 Å². The number of phenols is 1. The predicted molar refractivity (Wildman–Crippen MR) is 70.0 cm³/mol. The second-order valence-corrected chi connectivity index (χ2v) is 4.36. The fourth-order valence-electron chi connectivity index (χ4n) is 2.02. The van der Waals surface area contributed by atoms with Crippen LogP contribution in [0.2, 0.25) is 0 Å². The molecule has 0 radical (unpaired) electrons. The normalized spacial score (nSPS) is 10.3. The maximum absolute atomic E-state index is 10.8. The smallest absolute Gasteiger partial charge is 0.339 e. The van der Waals surface area contributed by atoms with Crippen molar-refractivity contribution < 1.29 is 15.0 Å². The van der Waals surface area contributed by atoms with Gasteiger partial charge in [0.2, 0.25) is 0 Å². The summed E-state index contributed by atoms with van der Waals surface area (Å²) in [6, 6.07) is 10.6. The number of aromatic carboxylic acids is 1. The minimum Gasteiger partial charge on any atom is -0.507 e. The lowest BCUT2D eigenvalue weighted by atomic mass is 9.97. The van der Waals surface area contributed by atoms with Crippen molar-refractivity contribution in [3.8, 4) is 16.9 Å². The Kier molecular flexibility index (Phi) is 3.06. The predicted octanol–water partition coefficient (Wildman–Crippen LogP) is 3.37. The molecule has 0 saturated carbocycles. The SMILES string of the molecule is Cc1ccc(-c2ccc(C(=O)O)c(O)c2)c(C)c1. The zero-order chi connectivity index (χ0) is 13.3. The van der Waals surface area contributed by atoms with Gasteiger partial charge in [0.1, 0.15) is 11.3 Å². The minimum atomic E-state index is -1.13. The molecule has 0 aromatic heterocycles. The number of carbonyl (C=O) groups is 1. The number of carboxylic acids is 1. The van der Waals surface area contributed by atoms with Gasteiger partial charge in [-0.3, -0.25) is 0 Å². The highest BCUT2D eigenvalue weighted by atomic mass is 16.4. The van der Waals surface area contributed by atoms with Gasteiger partial charge in [-0.1, -0.05) is 29.8 Å². The quantitative estimate of drug-likeness (QED) is 0.848. The molecule has 0 heterocycles. The van der Waals surface area contributed by atoms with Crippen molar-refractivity contribution in [2.24, 2.45) is 0 Å². The van der Waals surface area contributed by atoms with Gasteiger partial charge in [-0.25, -0.2) is 4.79 Å². The molecule has 0 saturated heterocycles. The standard InChI is InChI=1S/C15H14O3/c1-9-3-5-12(10(2)7-9)11-4-6-13(15(17)18)14(16)8-11/h3-8,16H,1-2H3,(H,17,18). The van der Waals surface area contributed by atoms with Crippen LogP contribution in [0, 0.1) is 13.8 Å². The van der Waals surface area contributed by atoms with Crippen LogP contribution in [0.5, 0.6) is 5.75 Å². The molecule has 0 aliphatic rings. The van der Waals surface area contributed by atoms with Crippen molar-refractivity contribution in [3.63, 3.8) is 0 Å². The number of aromatic hydroxyl groups is 1. The summed E-state index contributed by atoms with van der Waals surface area (Å²) in [5, 5.41) is 18.5. The maximum atomic E-state index is 10.8. The van der Waals surface area contributed by atoms with Crippen molar-refractivity contribution in [2.75, 3.05) is 0 Å². The molecule has 0 aliphatic heterocycles. The summed E-state index contributed by atoms with van der Waals surface area (Å²) in [4.78, 5) is 10.8. The molecule has 2 aromatic rings. The summed E-state index contributed by atoms with van der Waals surface area (Å²) < 4.78 is 0. The fourth-order valence-corrected chi connectivity index (χ4v) is 2.02. The lowest BCUT2D eigenvalue weighted by Gasteiger charge is -2.08. The summed E-state index contributed by atoms with van der Waals surface area (Å²) in [5.74, 6) is -1.33. The van der Waals surface area contributed by atoms with Gasteiger partial charge in [0.05, 0.1) is 0 Å². The second kappa shape index (κ2) is 4.53. The first-order valence-electron chi connectivity index (χ1n) is 5.63. The van der Waals surface area contributed by atoms with E-state index in [9.17, 15) is 9.90 Å². The number of carboxylic acid groups (broad SMARTS) is 1. The third-order valence-corrected chi connectivity index (χ3v) is 2.92. The fraction of sp³-hybridized carbons (Fsp3) is 0.133. The molecule has 0 bridgehead atoms. The molecule has 2 aromatic carbocycles. The van der Waals surface area contributed by atoms with E-state index in [-0.39, 0.29) is 11.3 Å². The third kappa shape index (κ3) is 2.20. The number of benzene rings is 2. The number of hydrogen-bond donors (Lipinski definition) is 2. The van der Waals surface area contributed by atoms with Gasteiger partial charge in [-0.2, -0.15) is 0 Å². The summed E-state index contributed by atoms with van der Waals surface area (Å²) in [6.45, 7) is 4.01. The van der Waals surface area contributed by atoms with E-state index in [1.807, 2.05) is 26.0 Å². The van der Waals surface area contributed by atoms with Gasteiger partial charge < -0.3 is 10.2 Å². The summed E-state index contributed by atoms with van der Waals surface area (Å²) >= 11 is 0. The van der Waals surface area contributed by atoms with Gasteiger partial charge in [0, 0.05) is 0 Å². The molecular weight excluding hydrogens is 228 g/mol.